The van der Waals surface area contributed by atoms with Gasteiger partial charge in [-0.15, -0.1) is 0 Å². The van der Waals surface area contributed by atoms with Crippen LogP contribution in [0.3, 0.4) is 0 Å². The highest BCUT2D eigenvalue weighted by molar-refractivity contribution is 5.57. The molecule has 0 bridgehead atoms. The highest BCUT2D eigenvalue weighted by Gasteiger charge is 2.11. The van der Waals surface area contributed by atoms with E-state index >= 15 is 0 Å². The van der Waals surface area contributed by atoms with Crippen LogP contribution in [-0.4, -0.2) is 23.5 Å². The van der Waals surface area contributed by atoms with Crippen LogP contribution in [0.4, 0.5) is 5.69 Å². The van der Waals surface area contributed by atoms with Crippen LogP contribution in [-0.2, 0) is 19.5 Å². The van der Waals surface area contributed by atoms with Gasteiger partial charge in [0.25, 0.3) is 0 Å². The van der Waals surface area contributed by atoms with Gasteiger partial charge < -0.3 is 5.32 Å². The summed E-state index contributed by atoms with van der Waals surface area (Å²) in [6, 6.07) is 13.0. The molecule has 2 heterocycles. The normalized spacial score (nSPS) is 13.3. The Morgan fingerprint density at radius 3 is 2.95 bits per heavy atom. The summed E-state index contributed by atoms with van der Waals surface area (Å²) in [6.45, 7) is 4.94. The number of anilines is 1. The van der Waals surface area contributed by atoms with Gasteiger partial charge in [0.2, 0.25) is 0 Å². The Labute approximate surface area is 120 Å². The second-order valence-corrected chi connectivity index (χ2v) is 5.61. The first-order valence-corrected chi connectivity index (χ1v) is 7.17. The monoisotopic (exact) mass is 267 g/mol. The number of nitrogens with zero attached hydrogens (tertiary/aromatic N) is 2. The van der Waals surface area contributed by atoms with Crippen LogP contribution in [0.15, 0.2) is 36.4 Å². The lowest BCUT2D eigenvalue weighted by molar-refractivity contribution is 0.315. The van der Waals surface area contributed by atoms with Crippen molar-refractivity contribution in [1.29, 1.82) is 0 Å². The van der Waals surface area contributed by atoms with E-state index in [4.69, 9.17) is 0 Å². The maximum absolute atomic E-state index is 4.56. The zero-order valence-electron chi connectivity index (χ0n) is 12.2. The average molecular weight is 267 g/mol. The molecule has 0 atom stereocenters. The maximum atomic E-state index is 4.56. The summed E-state index contributed by atoms with van der Waals surface area (Å²) in [5.41, 5.74) is 6.32. The predicted molar refractivity (Wildman–Crippen MR) is 82.8 cm³/mol. The molecule has 0 fully saturated rings. The summed E-state index contributed by atoms with van der Waals surface area (Å²) in [5.74, 6) is 0. The van der Waals surface area contributed by atoms with Gasteiger partial charge in [0, 0.05) is 31.0 Å². The summed E-state index contributed by atoms with van der Waals surface area (Å²) in [6.07, 6.45) is 1.15. The van der Waals surface area contributed by atoms with Gasteiger partial charge in [-0.05, 0) is 49.7 Å². The van der Waals surface area contributed by atoms with Gasteiger partial charge in [0.15, 0.2) is 0 Å². The molecule has 0 unspecified atom stereocenters. The zero-order chi connectivity index (χ0) is 13.9. The molecule has 1 aromatic carbocycles. The van der Waals surface area contributed by atoms with Crippen LogP contribution in [0.5, 0.6) is 0 Å². The summed E-state index contributed by atoms with van der Waals surface area (Å²) < 4.78 is 0. The van der Waals surface area contributed by atoms with Gasteiger partial charge >= 0.3 is 0 Å². The summed E-state index contributed by atoms with van der Waals surface area (Å²) >= 11 is 0. The number of hydrogen-bond acceptors (Lipinski definition) is 3. The summed E-state index contributed by atoms with van der Waals surface area (Å²) in [7, 11) is 2.14. The fraction of sp³-hybridized carbons (Fsp3) is 0.353. The smallest absolute Gasteiger partial charge is 0.0547 e. The van der Waals surface area contributed by atoms with Crippen LogP contribution in [0.25, 0.3) is 0 Å². The number of pyridine rings is 1. The molecule has 3 rings (SSSR count). The minimum absolute atomic E-state index is 0.881. The van der Waals surface area contributed by atoms with E-state index in [1.54, 1.807) is 0 Å². The SMILES string of the molecule is Cc1cccc(CN(C)Cc2ccc3c(c2)NCC3)n1. The topological polar surface area (TPSA) is 28.2 Å². The van der Waals surface area contributed by atoms with E-state index in [0.717, 1.165) is 37.4 Å². The van der Waals surface area contributed by atoms with E-state index in [1.807, 2.05) is 13.0 Å². The molecule has 0 saturated carbocycles. The largest absolute Gasteiger partial charge is 0.384 e. The lowest BCUT2D eigenvalue weighted by atomic mass is 10.1. The van der Waals surface area contributed by atoms with Gasteiger partial charge in [-0.1, -0.05) is 18.2 Å². The molecule has 3 nitrogen and oxygen atoms in total. The van der Waals surface area contributed by atoms with E-state index in [0.29, 0.717) is 0 Å². The lowest BCUT2D eigenvalue weighted by Crippen LogP contribution is -2.18. The van der Waals surface area contributed by atoms with Gasteiger partial charge in [-0.3, -0.25) is 9.88 Å². The first-order chi connectivity index (χ1) is 9.70. The molecule has 0 spiro atoms. The fourth-order valence-electron chi connectivity index (χ4n) is 2.77. The lowest BCUT2D eigenvalue weighted by Gasteiger charge is -2.17. The minimum atomic E-state index is 0.881. The number of rotatable bonds is 4. The summed E-state index contributed by atoms with van der Waals surface area (Å²) in [5, 5.41) is 3.44. The summed E-state index contributed by atoms with van der Waals surface area (Å²) in [4.78, 5) is 6.86. The highest BCUT2D eigenvalue weighted by Crippen LogP contribution is 2.23. The Hall–Kier alpha value is -1.87. The van der Waals surface area contributed by atoms with Crippen LogP contribution >= 0.6 is 0 Å². The van der Waals surface area contributed by atoms with Crippen molar-refractivity contribution >= 4 is 5.69 Å². The number of benzene rings is 1. The molecule has 2 aromatic rings. The molecule has 0 aliphatic carbocycles. The minimum Gasteiger partial charge on any atom is -0.384 e. The Bertz CT molecular complexity index is 607. The van der Waals surface area contributed by atoms with Crippen LogP contribution in [0.2, 0.25) is 0 Å². The first-order valence-electron chi connectivity index (χ1n) is 7.17. The van der Waals surface area contributed by atoms with Crippen molar-refractivity contribution in [3.63, 3.8) is 0 Å². The van der Waals surface area contributed by atoms with Gasteiger partial charge in [-0.25, -0.2) is 0 Å². The van der Waals surface area contributed by atoms with Gasteiger partial charge in [-0.2, -0.15) is 0 Å². The molecule has 1 aromatic heterocycles. The molecule has 1 aliphatic heterocycles. The molecule has 20 heavy (non-hydrogen) atoms. The fourth-order valence-corrected chi connectivity index (χ4v) is 2.77. The predicted octanol–water partition coefficient (Wildman–Crippen LogP) is 2.99. The third kappa shape index (κ3) is 2.99. The van der Waals surface area contributed by atoms with Crippen molar-refractivity contribution < 1.29 is 0 Å². The molecular formula is C17H21N3. The van der Waals surface area contributed by atoms with Crippen LogP contribution in [0.1, 0.15) is 22.5 Å². The molecule has 3 heteroatoms. The number of nitrogens with one attached hydrogen (secondary N) is 1. The highest BCUT2D eigenvalue weighted by atomic mass is 15.1. The van der Waals surface area contributed by atoms with E-state index in [9.17, 15) is 0 Å². The van der Waals surface area contributed by atoms with E-state index < -0.39 is 0 Å². The van der Waals surface area contributed by atoms with Crippen molar-refractivity contribution in [2.45, 2.75) is 26.4 Å². The standard InChI is InChI=1S/C17H21N3/c1-13-4-3-5-16(19-13)12-20(2)11-14-6-7-15-8-9-18-17(15)10-14/h3-7,10,18H,8-9,11-12H2,1-2H3. The second kappa shape index (κ2) is 5.63. The van der Waals surface area contributed by atoms with E-state index in [2.05, 4.69) is 52.6 Å². The molecule has 1 N–H and O–H groups in total. The Morgan fingerprint density at radius 2 is 2.10 bits per heavy atom. The van der Waals surface area contributed by atoms with Gasteiger partial charge in [0.1, 0.15) is 0 Å². The molecule has 0 amide bonds. The second-order valence-electron chi connectivity index (χ2n) is 5.61. The number of hydrogen-bond donors (Lipinski definition) is 1. The maximum Gasteiger partial charge on any atom is 0.0547 e. The Morgan fingerprint density at radius 1 is 1.20 bits per heavy atom. The first kappa shape index (κ1) is 13.1. The molecular weight excluding hydrogens is 246 g/mol. The number of aryl methyl sites for hydroxylation is 1. The molecule has 0 radical (unpaired) electrons. The average Bonchev–Trinajstić information content (AvgIpc) is 2.86. The van der Waals surface area contributed by atoms with Crippen molar-refractivity contribution in [3.8, 4) is 0 Å². The molecule has 0 saturated heterocycles. The van der Waals surface area contributed by atoms with Crippen molar-refractivity contribution in [2.75, 3.05) is 18.9 Å². The van der Waals surface area contributed by atoms with Crippen molar-refractivity contribution in [1.82, 2.24) is 9.88 Å². The molecule has 104 valence electrons. The number of fused-ring (bicyclic) bond motifs is 1. The van der Waals surface area contributed by atoms with Crippen LogP contribution in [0, 0.1) is 6.92 Å². The van der Waals surface area contributed by atoms with E-state index in [1.165, 1.54) is 16.8 Å². The quantitative estimate of drug-likeness (QED) is 0.923. The molecule has 1 aliphatic rings. The van der Waals surface area contributed by atoms with Crippen molar-refractivity contribution in [2.24, 2.45) is 0 Å². The van der Waals surface area contributed by atoms with E-state index in [-0.39, 0.29) is 0 Å². The third-order valence-electron chi connectivity index (χ3n) is 3.71. The Kier molecular flexibility index (Phi) is 3.70. The Balaban J connectivity index is 1.65. The zero-order valence-corrected chi connectivity index (χ0v) is 12.2. The number of aromatic nitrogens is 1. The van der Waals surface area contributed by atoms with Crippen LogP contribution < -0.4 is 5.32 Å². The third-order valence-corrected chi connectivity index (χ3v) is 3.71. The van der Waals surface area contributed by atoms with Gasteiger partial charge in [0.05, 0.1) is 5.69 Å². The van der Waals surface area contributed by atoms with Crippen molar-refractivity contribution in [3.05, 3.63) is 58.9 Å².